The number of hydrogen-bond acceptors (Lipinski definition) is 4. The summed E-state index contributed by atoms with van der Waals surface area (Å²) in [7, 11) is 0. The molecule has 2 aliphatic rings. The van der Waals surface area contributed by atoms with Gasteiger partial charge in [-0.15, -0.1) is 11.8 Å². The summed E-state index contributed by atoms with van der Waals surface area (Å²) in [6.07, 6.45) is 0. The van der Waals surface area contributed by atoms with Crippen molar-refractivity contribution in [3.05, 3.63) is 53.8 Å². The Morgan fingerprint density at radius 1 is 1.16 bits per heavy atom. The molecule has 5 nitrogen and oxygen atoms in total. The van der Waals surface area contributed by atoms with Crippen molar-refractivity contribution in [2.75, 3.05) is 30.8 Å². The van der Waals surface area contributed by atoms with Crippen LogP contribution in [0.4, 0.5) is 14.9 Å². The highest BCUT2D eigenvalue weighted by molar-refractivity contribution is 7.99. The Morgan fingerprint density at radius 3 is 2.80 bits per heavy atom. The Kier molecular flexibility index (Phi) is 4.40. The number of carbonyl (C=O) groups excluding carboxylic acids is 1. The topological polar surface area (TPSA) is 50.8 Å². The molecule has 2 aromatic carbocycles. The van der Waals surface area contributed by atoms with Crippen molar-refractivity contribution in [1.29, 1.82) is 0 Å². The lowest BCUT2D eigenvalue weighted by Gasteiger charge is -2.26. The minimum absolute atomic E-state index is 0.136. The van der Waals surface area contributed by atoms with E-state index in [1.54, 1.807) is 34.9 Å². The number of ether oxygens (including phenoxy) is 2. The molecule has 0 bridgehead atoms. The number of hydrogen-bond donors (Lipinski definition) is 1. The molecule has 130 valence electrons. The molecule has 1 N–H and O–H groups in total. The molecule has 0 radical (unpaired) electrons. The smallest absolute Gasteiger partial charge is 0.323 e. The fraction of sp³-hybridized carbons (Fsp3) is 0.278. The first-order chi connectivity index (χ1) is 12.2. The molecular formula is C18H17FN2O3S. The van der Waals surface area contributed by atoms with E-state index < -0.39 is 5.82 Å². The van der Waals surface area contributed by atoms with Crippen LogP contribution in [0, 0.1) is 5.82 Å². The van der Waals surface area contributed by atoms with Crippen molar-refractivity contribution in [2.45, 2.75) is 5.37 Å². The number of para-hydroxylation sites is 1. The van der Waals surface area contributed by atoms with Gasteiger partial charge in [0, 0.05) is 12.3 Å². The van der Waals surface area contributed by atoms with E-state index in [1.165, 1.54) is 6.07 Å². The highest BCUT2D eigenvalue weighted by Crippen LogP contribution is 2.41. The Bertz CT molecular complexity index is 802. The van der Waals surface area contributed by atoms with E-state index in [4.69, 9.17) is 9.47 Å². The highest BCUT2D eigenvalue weighted by atomic mass is 32.2. The summed E-state index contributed by atoms with van der Waals surface area (Å²) in [6.45, 7) is 1.66. The number of carbonyl (C=O) groups is 1. The van der Waals surface area contributed by atoms with Crippen LogP contribution in [0.5, 0.6) is 11.5 Å². The van der Waals surface area contributed by atoms with Gasteiger partial charge in [0.2, 0.25) is 0 Å². The van der Waals surface area contributed by atoms with Crippen molar-refractivity contribution in [2.24, 2.45) is 0 Å². The summed E-state index contributed by atoms with van der Waals surface area (Å²) in [6, 6.07) is 11.6. The third kappa shape index (κ3) is 3.24. The molecule has 2 aliphatic heterocycles. The largest absolute Gasteiger partial charge is 0.486 e. The van der Waals surface area contributed by atoms with E-state index in [1.807, 2.05) is 18.2 Å². The fourth-order valence-corrected chi connectivity index (χ4v) is 4.16. The van der Waals surface area contributed by atoms with Crippen LogP contribution < -0.4 is 14.8 Å². The molecule has 4 rings (SSSR count). The van der Waals surface area contributed by atoms with Crippen molar-refractivity contribution in [1.82, 2.24) is 4.90 Å². The number of anilines is 1. The second-order valence-corrected chi connectivity index (χ2v) is 6.92. The van der Waals surface area contributed by atoms with E-state index in [-0.39, 0.29) is 17.1 Å². The lowest BCUT2D eigenvalue weighted by molar-refractivity contribution is 0.171. The van der Waals surface area contributed by atoms with Crippen LogP contribution in [-0.4, -0.2) is 36.4 Å². The number of halogens is 1. The van der Waals surface area contributed by atoms with Crippen LogP contribution in [0.15, 0.2) is 42.5 Å². The SMILES string of the molecule is O=C(Nc1ccccc1F)N1CCS[C@@H]1c1ccc2c(c1)OCCO2. The summed E-state index contributed by atoms with van der Waals surface area (Å²) < 4.78 is 24.9. The fourth-order valence-electron chi connectivity index (χ4n) is 2.92. The maximum Gasteiger partial charge on any atom is 0.323 e. The summed E-state index contributed by atoms with van der Waals surface area (Å²) in [5.74, 6) is 1.80. The number of urea groups is 1. The van der Waals surface area contributed by atoms with Gasteiger partial charge < -0.3 is 19.7 Å². The molecule has 7 heteroatoms. The van der Waals surface area contributed by atoms with Crippen LogP contribution in [0.25, 0.3) is 0 Å². The van der Waals surface area contributed by atoms with Gasteiger partial charge in [-0.3, -0.25) is 0 Å². The van der Waals surface area contributed by atoms with Crippen molar-refractivity contribution >= 4 is 23.5 Å². The van der Waals surface area contributed by atoms with Crippen molar-refractivity contribution < 1.29 is 18.7 Å². The Balaban J connectivity index is 1.54. The third-order valence-electron chi connectivity index (χ3n) is 4.12. The summed E-state index contributed by atoms with van der Waals surface area (Å²) >= 11 is 1.67. The molecule has 1 fully saturated rings. The number of amides is 2. The Morgan fingerprint density at radius 2 is 1.96 bits per heavy atom. The van der Waals surface area contributed by atoms with Gasteiger partial charge in [-0.25, -0.2) is 9.18 Å². The maximum absolute atomic E-state index is 13.8. The average Bonchev–Trinajstić information content (AvgIpc) is 3.13. The molecular weight excluding hydrogens is 343 g/mol. The first-order valence-electron chi connectivity index (χ1n) is 8.06. The van der Waals surface area contributed by atoms with Gasteiger partial charge in [0.05, 0.1) is 5.69 Å². The van der Waals surface area contributed by atoms with Gasteiger partial charge in [-0.1, -0.05) is 18.2 Å². The van der Waals surface area contributed by atoms with Crippen LogP contribution in [0.1, 0.15) is 10.9 Å². The molecule has 0 aliphatic carbocycles. The zero-order chi connectivity index (χ0) is 17.2. The van der Waals surface area contributed by atoms with Crippen LogP contribution in [0.3, 0.4) is 0 Å². The number of benzene rings is 2. The number of nitrogens with one attached hydrogen (secondary N) is 1. The normalized spacial score (nSPS) is 18.9. The quantitative estimate of drug-likeness (QED) is 0.883. The zero-order valence-corrected chi connectivity index (χ0v) is 14.2. The van der Waals surface area contributed by atoms with E-state index >= 15 is 0 Å². The molecule has 0 spiro atoms. The summed E-state index contributed by atoms with van der Waals surface area (Å²) in [4.78, 5) is 14.3. The van der Waals surface area contributed by atoms with Gasteiger partial charge in [0.1, 0.15) is 24.4 Å². The molecule has 1 saturated heterocycles. The Labute approximate surface area is 149 Å². The number of thioether (sulfide) groups is 1. The van der Waals surface area contributed by atoms with E-state index in [9.17, 15) is 9.18 Å². The average molecular weight is 360 g/mol. The van der Waals surface area contributed by atoms with Crippen LogP contribution >= 0.6 is 11.8 Å². The number of nitrogens with zero attached hydrogens (tertiary/aromatic N) is 1. The Hall–Kier alpha value is -2.41. The monoisotopic (exact) mass is 360 g/mol. The van der Waals surface area contributed by atoms with Gasteiger partial charge >= 0.3 is 6.03 Å². The van der Waals surface area contributed by atoms with Crippen molar-refractivity contribution in [3.8, 4) is 11.5 Å². The van der Waals surface area contributed by atoms with Gasteiger partial charge in [-0.2, -0.15) is 0 Å². The van der Waals surface area contributed by atoms with E-state index in [0.717, 1.165) is 17.1 Å². The minimum atomic E-state index is -0.446. The van der Waals surface area contributed by atoms with E-state index in [0.29, 0.717) is 25.5 Å². The highest BCUT2D eigenvalue weighted by Gasteiger charge is 2.32. The lowest BCUT2D eigenvalue weighted by Crippen LogP contribution is -2.34. The molecule has 1 atom stereocenters. The lowest BCUT2D eigenvalue weighted by atomic mass is 10.1. The number of fused-ring (bicyclic) bond motifs is 1. The molecule has 2 aromatic rings. The number of rotatable bonds is 2. The molecule has 0 aromatic heterocycles. The maximum atomic E-state index is 13.8. The van der Waals surface area contributed by atoms with Crippen LogP contribution in [0.2, 0.25) is 0 Å². The molecule has 25 heavy (non-hydrogen) atoms. The molecule has 0 saturated carbocycles. The third-order valence-corrected chi connectivity index (χ3v) is 5.38. The van der Waals surface area contributed by atoms with E-state index in [2.05, 4.69) is 5.32 Å². The molecule has 2 heterocycles. The van der Waals surface area contributed by atoms with Crippen LogP contribution in [-0.2, 0) is 0 Å². The second kappa shape index (κ2) is 6.84. The first-order valence-corrected chi connectivity index (χ1v) is 9.10. The predicted octanol–water partition coefficient (Wildman–Crippen LogP) is 3.88. The zero-order valence-electron chi connectivity index (χ0n) is 13.4. The van der Waals surface area contributed by atoms with Crippen molar-refractivity contribution in [3.63, 3.8) is 0 Å². The predicted molar refractivity (Wildman–Crippen MR) is 94.8 cm³/mol. The summed E-state index contributed by atoms with van der Waals surface area (Å²) in [5.41, 5.74) is 1.15. The minimum Gasteiger partial charge on any atom is -0.486 e. The molecule has 2 amide bonds. The summed E-state index contributed by atoms with van der Waals surface area (Å²) in [5, 5.41) is 2.52. The van der Waals surface area contributed by atoms with Gasteiger partial charge in [0.15, 0.2) is 11.5 Å². The molecule has 0 unspecified atom stereocenters. The van der Waals surface area contributed by atoms with Gasteiger partial charge in [0.25, 0.3) is 0 Å². The second-order valence-electron chi connectivity index (χ2n) is 5.73. The first kappa shape index (κ1) is 16.1. The van der Waals surface area contributed by atoms with Gasteiger partial charge in [-0.05, 0) is 29.8 Å². The standard InChI is InChI=1S/C18H17FN2O3S/c19-13-3-1-2-4-14(13)20-18(22)21-7-10-25-17(21)12-5-6-15-16(11-12)24-9-8-23-15/h1-6,11,17H,7-10H2,(H,20,22)/t17-/m1/s1.